The fourth-order valence-electron chi connectivity index (χ4n) is 3.43. The van der Waals surface area contributed by atoms with Gasteiger partial charge in [-0.3, -0.25) is 4.79 Å². The van der Waals surface area contributed by atoms with Gasteiger partial charge < -0.3 is 10.1 Å². The van der Waals surface area contributed by atoms with Crippen LogP contribution >= 0.6 is 0 Å². The SMILES string of the molecule is O=C(NCc1ccnc(C2CCCO2)n1)c1ccc2c(c1)CCC2. The van der Waals surface area contributed by atoms with Crippen LogP contribution in [0, 0.1) is 0 Å². The lowest BCUT2D eigenvalue weighted by molar-refractivity contribution is 0.0949. The quantitative estimate of drug-likeness (QED) is 0.939. The number of nitrogens with one attached hydrogen (secondary N) is 1. The molecule has 1 N–H and O–H groups in total. The highest BCUT2D eigenvalue weighted by atomic mass is 16.5. The number of hydrogen-bond donors (Lipinski definition) is 1. The number of rotatable bonds is 4. The van der Waals surface area contributed by atoms with E-state index in [1.54, 1.807) is 6.20 Å². The van der Waals surface area contributed by atoms with Gasteiger partial charge in [0.1, 0.15) is 6.10 Å². The highest BCUT2D eigenvalue weighted by Gasteiger charge is 2.20. The van der Waals surface area contributed by atoms with Gasteiger partial charge in [0.15, 0.2) is 5.82 Å². The molecular formula is C19H21N3O2. The molecule has 1 aromatic heterocycles. The van der Waals surface area contributed by atoms with Crippen molar-refractivity contribution in [2.45, 2.75) is 44.8 Å². The van der Waals surface area contributed by atoms with E-state index >= 15 is 0 Å². The molecule has 1 aromatic carbocycles. The molecule has 5 nitrogen and oxygen atoms in total. The van der Waals surface area contributed by atoms with Crippen LogP contribution in [0.2, 0.25) is 0 Å². The Morgan fingerprint density at radius 2 is 2.12 bits per heavy atom. The Kier molecular flexibility index (Phi) is 4.26. The van der Waals surface area contributed by atoms with Crippen molar-refractivity contribution in [3.8, 4) is 0 Å². The number of aromatic nitrogens is 2. The van der Waals surface area contributed by atoms with Crippen molar-refractivity contribution in [2.24, 2.45) is 0 Å². The molecular weight excluding hydrogens is 302 g/mol. The highest BCUT2D eigenvalue weighted by Crippen LogP contribution is 2.25. The summed E-state index contributed by atoms with van der Waals surface area (Å²) in [6.45, 7) is 1.17. The standard InChI is InChI=1S/C19H21N3O2/c23-19(15-7-6-13-3-1-4-14(13)11-15)21-12-16-8-9-20-18(22-16)17-5-2-10-24-17/h6-9,11,17H,1-5,10,12H2,(H,21,23). The van der Waals surface area contributed by atoms with Crippen LogP contribution in [0.1, 0.15) is 58.4 Å². The molecule has 5 heteroatoms. The Morgan fingerprint density at radius 1 is 1.21 bits per heavy atom. The summed E-state index contributed by atoms with van der Waals surface area (Å²) in [4.78, 5) is 21.2. The Balaban J connectivity index is 1.41. The lowest BCUT2D eigenvalue weighted by Crippen LogP contribution is -2.24. The maximum Gasteiger partial charge on any atom is 0.251 e. The normalized spacial score (nSPS) is 19.2. The molecule has 4 rings (SSSR count). The summed E-state index contributed by atoms with van der Waals surface area (Å²) in [6.07, 6.45) is 7.14. The van der Waals surface area contributed by atoms with Gasteiger partial charge in [0.2, 0.25) is 0 Å². The molecule has 0 spiro atoms. The van der Waals surface area contributed by atoms with E-state index in [2.05, 4.69) is 21.4 Å². The summed E-state index contributed by atoms with van der Waals surface area (Å²) in [5.41, 5.74) is 4.22. The number of carbonyl (C=O) groups excluding carboxylic acids is 1. The average Bonchev–Trinajstić information content (AvgIpc) is 3.30. The molecule has 0 radical (unpaired) electrons. The average molecular weight is 323 g/mol. The van der Waals surface area contributed by atoms with E-state index in [0.717, 1.165) is 49.4 Å². The van der Waals surface area contributed by atoms with Gasteiger partial charge in [-0.15, -0.1) is 0 Å². The van der Waals surface area contributed by atoms with Crippen LogP contribution in [0.25, 0.3) is 0 Å². The van der Waals surface area contributed by atoms with Crippen LogP contribution in [0.3, 0.4) is 0 Å². The van der Waals surface area contributed by atoms with Crippen molar-refractivity contribution in [3.05, 3.63) is 58.7 Å². The topological polar surface area (TPSA) is 64.1 Å². The molecule has 1 saturated heterocycles. The van der Waals surface area contributed by atoms with Crippen molar-refractivity contribution >= 4 is 5.91 Å². The minimum Gasteiger partial charge on any atom is -0.370 e. The fraction of sp³-hybridized carbons (Fsp3) is 0.421. The zero-order valence-electron chi connectivity index (χ0n) is 13.6. The Bertz CT molecular complexity index is 754. The first-order chi connectivity index (χ1) is 11.8. The van der Waals surface area contributed by atoms with E-state index in [1.807, 2.05) is 18.2 Å². The summed E-state index contributed by atoms with van der Waals surface area (Å²) in [6, 6.07) is 7.85. The summed E-state index contributed by atoms with van der Waals surface area (Å²) in [5.74, 6) is 0.666. The minimum absolute atomic E-state index is 0.00244. The van der Waals surface area contributed by atoms with Crippen molar-refractivity contribution < 1.29 is 9.53 Å². The third kappa shape index (κ3) is 3.17. The van der Waals surface area contributed by atoms with Gasteiger partial charge >= 0.3 is 0 Å². The minimum atomic E-state index is -0.0537. The first-order valence-electron chi connectivity index (χ1n) is 8.63. The molecule has 2 heterocycles. The third-order valence-corrected chi connectivity index (χ3v) is 4.74. The fourth-order valence-corrected chi connectivity index (χ4v) is 3.43. The number of nitrogens with zero attached hydrogens (tertiary/aromatic N) is 2. The third-order valence-electron chi connectivity index (χ3n) is 4.74. The summed E-state index contributed by atoms with van der Waals surface area (Å²) in [5, 5.41) is 2.95. The molecule has 1 unspecified atom stereocenters. The lowest BCUT2D eigenvalue weighted by Gasteiger charge is -2.10. The van der Waals surface area contributed by atoms with Crippen LogP contribution in [-0.2, 0) is 24.1 Å². The zero-order chi connectivity index (χ0) is 16.4. The maximum atomic E-state index is 12.4. The van der Waals surface area contributed by atoms with Crippen LogP contribution in [-0.4, -0.2) is 22.5 Å². The smallest absolute Gasteiger partial charge is 0.251 e. The monoisotopic (exact) mass is 323 g/mol. The number of carbonyl (C=O) groups is 1. The van der Waals surface area contributed by atoms with Gasteiger partial charge in [0.25, 0.3) is 5.91 Å². The molecule has 0 saturated carbocycles. The van der Waals surface area contributed by atoms with Gasteiger partial charge in [0.05, 0.1) is 12.2 Å². The van der Waals surface area contributed by atoms with Gasteiger partial charge in [-0.1, -0.05) is 6.07 Å². The molecule has 1 atom stereocenters. The number of hydrogen-bond acceptors (Lipinski definition) is 4. The number of ether oxygens (including phenoxy) is 1. The summed E-state index contributed by atoms with van der Waals surface area (Å²) in [7, 11) is 0. The molecule has 24 heavy (non-hydrogen) atoms. The van der Waals surface area contributed by atoms with Crippen LogP contribution in [0.15, 0.2) is 30.5 Å². The second-order valence-corrected chi connectivity index (χ2v) is 6.43. The maximum absolute atomic E-state index is 12.4. The molecule has 124 valence electrons. The van der Waals surface area contributed by atoms with Crippen LogP contribution < -0.4 is 5.32 Å². The number of fused-ring (bicyclic) bond motifs is 1. The first kappa shape index (κ1) is 15.3. The second-order valence-electron chi connectivity index (χ2n) is 6.43. The number of aryl methyl sites for hydroxylation is 2. The Morgan fingerprint density at radius 3 is 3.00 bits per heavy atom. The van der Waals surface area contributed by atoms with Crippen LogP contribution in [0.5, 0.6) is 0 Å². The highest BCUT2D eigenvalue weighted by molar-refractivity contribution is 5.94. The molecule has 0 bridgehead atoms. The lowest BCUT2D eigenvalue weighted by atomic mass is 10.1. The molecule has 2 aliphatic rings. The van der Waals surface area contributed by atoms with Crippen LogP contribution in [0.4, 0.5) is 0 Å². The van der Waals surface area contributed by atoms with Crippen molar-refractivity contribution in [1.82, 2.24) is 15.3 Å². The van der Waals surface area contributed by atoms with E-state index in [9.17, 15) is 4.79 Å². The number of benzene rings is 1. The van der Waals surface area contributed by atoms with E-state index < -0.39 is 0 Å². The summed E-state index contributed by atoms with van der Waals surface area (Å²) >= 11 is 0. The number of amides is 1. The van der Waals surface area contributed by atoms with Gasteiger partial charge in [0, 0.05) is 18.4 Å². The molecule has 2 aromatic rings. The Labute approximate surface area is 141 Å². The Hall–Kier alpha value is -2.27. The predicted octanol–water partition coefficient (Wildman–Crippen LogP) is 2.75. The van der Waals surface area contributed by atoms with E-state index in [0.29, 0.717) is 6.54 Å². The summed E-state index contributed by atoms with van der Waals surface area (Å²) < 4.78 is 5.62. The van der Waals surface area contributed by atoms with Crippen molar-refractivity contribution in [1.29, 1.82) is 0 Å². The largest absolute Gasteiger partial charge is 0.370 e. The molecule has 1 amide bonds. The second kappa shape index (κ2) is 6.69. The van der Waals surface area contributed by atoms with Crippen molar-refractivity contribution in [2.75, 3.05) is 6.61 Å². The molecule has 1 fully saturated rings. The predicted molar refractivity (Wildman–Crippen MR) is 89.6 cm³/mol. The van der Waals surface area contributed by atoms with Gasteiger partial charge in [-0.05, 0) is 61.4 Å². The van der Waals surface area contributed by atoms with Gasteiger partial charge in [-0.2, -0.15) is 0 Å². The molecule has 1 aliphatic carbocycles. The zero-order valence-corrected chi connectivity index (χ0v) is 13.6. The van der Waals surface area contributed by atoms with Crippen molar-refractivity contribution in [3.63, 3.8) is 0 Å². The van der Waals surface area contributed by atoms with Gasteiger partial charge in [-0.25, -0.2) is 9.97 Å². The molecule has 1 aliphatic heterocycles. The van der Waals surface area contributed by atoms with E-state index in [1.165, 1.54) is 17.5 Å². The van der Waals surface area contributed by atoms with E-state index in [4.69, 9.17) is 4.74 Å². The van der Waals surface area contributed by atoms with E-state index in [-0.39, 0.29) is 12.0 Å². The first-order valence-corrected chi connectivity index (χ1v) is 8.63.